The summed E-state index contributed by atoms with van der Waals surface area (Å²) in [5.41, 5.74) is 1.77. The predicted octanol–water partition coefficient (Wildman–Crippen LogP) is 2.38. The molecule has 0 bridgehead atoms. The van der Waals surface area contributed by atoms with E-state index in [1.807, 2.05) is 19.1 Å². The van der Waals surface area contributed by atoms with Gasteiger partial charge in [-0.2, -0.15) is 0 Å². The zero-order chi connectivity index (χ0) is 14.5. The van der Waals surface area contributed by atoms with Gasteiger partial charge in [-0.1, -0.05) is 6.07 Å². The summed E-state index contributed by atoms with van der Waals surface area (Å²) in [4.78, 5) is 12.0. The fourth-order valence-corrected chi connectivity index (χ4v) is 2.66. The number of aryl methyl sites for hydroxylation is 1. The third-order valence-corrected chi connectivity index (χ3v) is 4.58. The summed E-state index contributed by atoms with van der Waals surface area (Å²) in [6.45, 7) is 3.47. The van der Waals surface area contributed by atoms with Crippen molar-refractivity contribution in [2.24, 2.45) is 0 Å². The number of halogens is 1. The van der Waals surface area contributed by atoms with Crippen molar-refractivity contribution >= 4 is 45.8 Å². The van der Waals surface area contributed by atoms with Gasteiger partial charge in [0.15, 0.2) is 5.11 Å². The summed E-state index contributed by atoms with van der Waals surface area (Å²) < 4.78 is 6.55. The van der Waals surface area contributed by atoms with Gasteiger partial charge in [0.2, 0.25) is 0 Å². The van der Waals surface area contributed by atoms with E-state index < -0.39 is 0 Å². The number of rotatable bonds is 3. The Hall–Kier alpha value is -0.730. The van der Waals surface area contributed by atoms with Gasteiger partial charge in [0.05, 0.1) is 6.10 Å². The zero-order valence-corrected chi connectivity index (χ0v) is 14.2. The van der Waals surface area contributed by atoms with Crippen LogP contribution in [0.2, 0.25) is 0 Å². The van der Waals surface area contributed by atoms with E-state index >= 15 is 0 Å². The number of hydrogen-bond donors (Lipinski definition) is 2. The van der Waals surface area contributed by atoms with E-state index in [4.69, 9.17) is 17.0 Å². The summed E-state index contributed by atoms with van der Waals surface area (Å²) in [6.07, 6.45) is 2.33. The highest BCUT2D eigenvalue weighted by Crippen LogP contribution is 2.13. The zero-order valence-electron chi connectivity index (χ0n) is 11.2. The number of benzene rings is 1. The van der Waals surface area contributed by atoms with Crippen LogP contribution in [0.4, 0.5) is 0 Å². The van der Waals surface area contributed by atoms with E-state index in [0.29, 0.717) is 17.2 Å². The lowest BCUT2D eigenvalue weighted by molar-refractivity contribution is 0.0973. The molecule has 6 heteroatoms. The van der Waals surface area contributed by atoms with E-state index in [9.17, 15) is 4.79 Å². The van der Waals surface area contributed by atoms with Gasteiger partial charge in [-0.05, 0) is 72.3 Å². The molecule has 2 N–H and O–H groups in total. The standard InChI is InChI=1S/C14H17IN2O2S/c1-9-4-5-10(7-12(9)15)13(18)17-14(20)16-8-11-3-2-6-19-11/h4-5,7,11H,2-3,6,8H2,1H3,(H2,16,17,18,20)/t11-/m0/s1. The van der Waals surface area contributed by atoms with Crippen molar-refractivity contribution in [1.82, 2.24) is 10.6 Å². The molecule has 0 aromatic heterocycles. The maximum absolute atomic E-state index is 12.0. The topological polar surface area (TPSA) is 50.4 Å². The number of hydrogen-bond acceptors (Lipinski definition) is 3. The van der Waals surface area contributed by atoms with E-state index in [0.717, 1.165) is 28.6 Å². The van der Waals surface area contributed by atoms with Gasteiger partial charge < -0.3 is 10.1 Å². The van der Waals surface area contributed by atoms with Crippen LogP contribution in [0.5, 0.6) is 0 Å². The van der Waals surface area contributed by atoms with Crippen LogP contribution in [0.3, 0.4) is 0 Å². The first-order valence-corrected chi connectivity index (χ1v) is 8.02. The van der Waals surface area contributed by atoms with Crippen molar-refractivity contribution in [3.63, 3.8) is 0 Å². The lowest BCUT2D eigenvalue weighted by Gasteiger charge is -2.13. The number of carbonyl (C=O) groups is 1. The first-order valence-electron chi connectivity index (χ1n) is 6.53. The fraction of sp³-hybridized carbons (Fsp3) is 0.429. The summed E-state index contributed by atoms with van der Waals surface area (Å²) in [5.74, 6) is -0.187. The quantitative estimate of drug-likeness (QED) is 0.600. The molecule has 1 aromatic carbocycles. The second-order valence-electron chi connectivity index (χ2n) is 4.76. The predicted molar refractivity (Wildman–Crippen MR) is 90.9 cm³/mol. The average molecular weight is 404 g/mol. The monoisotopic (exact) mass is 404 g/mol. The molecule has 0 unspecified atom stereocenters. The Morgan fingerprint density at radius 3 is 3.00 bits per heavy atom. The molecular formula is C14H17IN2O2S. The van der Waals surface area contributed by atoms with Gasteiger partial charge in [-0.15, -0.1) is 0 Å². The van der Waals surface area contributed by atoms with Gasteiger partial charge in [-0.25, -0.2) is 0 Å². The Balaban J connectivity index is 1.83. The highest BCUT2D eigenvalue weighted by atomic mass is 127. The molecule has 108 valence electrons. The van der Waals surface area contributed by atoms with Crippen LogP contribution in [0.25, 0.3) is 0 Å². The normalized spacial score (nSPS) is 17.8. The molecule has 4 nitrogen and oxygen atoms in total. The van der Waals surface area contributed by atoms with E-state index in [-0.39, 0.29) is 12.0 Å². The molecule has 0 aliphatic carbocycles. The lowest BCUT2D eigenvalue weighted by atomic mass is 10.1. The SMILES string of the molecule is Cc1ccc(C(=O)NC(=S)NC[C@@H]2CCCO2)cc1I. The van der Waals surface area contributed by atoms with E-state index in [1.165, 1.54) is 0 Å². The van der Waals surface area contributed by atoms with Crippen LogP contribution in [-0.4, -0.2) is 30.3 Å². The van der Waals surface area contributed by atoms with Crippen LogP contribution >= 0.6 is 34.8 Å². The Bertz CT molecular complexity index is 516. The fourth-order valence-electron chi connectivity index (χ4n) is 1.97. The van der Waals surface area contributed by atoms with Gasteiger partial charge in [0.1, 0.15) is 0 Å². The molecule has 1 aliphatic heterocycles. The van der Waals surface area contributed by atoms with Crippen LogP contribution < -0.4 is 10.6 Å². The third-order valence-electron chi connectivity index (χ3n) is 3.18. The first-order chi connectivity index (χ1) is 9.56. The molecule has 1 heterocycles. The van der Waals surface area contributed by atoms with E-state index in [2.05, 4.69) is 33.2 Å². The van der Waals surface area contributed by atoms with Crippen molar-refractivity contribution in [3.8, 4) is 0 Å². The molecule has 2 rings (SSSR count). The summed E-state index contributed by atoms with van der Waals surface area (Å²) >= 11 is 7.34. The highest BCUT2D eigenvalue weighted by Gasteiger charge is 2.16. The number of ether oxygens (including phenoxy) is 1. The van der Waals surface area contributed by atoms with Crippen molar-refractivity contribution in [2.75, 3.05) is 13.2 Å². The molecular weight excluding hydrogens is 387 g/mol. The second-order valence-corrected chi connectivity index (χ2v) is 6.33. The minimum atomic E-state index is -0.187. The third kappa shape index (κ3) is 4.39. The van der Waals surface area contributed by atoms with Crippen molar-refractivity contribution in [1.29, 1.82) is 0 Å². The molecule has 1 amide bonds. The molecule has 1 fully saturated rings. The minimum absolute atomic E-state index is 0.187. The van der Waals surface area contributed by atoms with Crippen LogP contribution in [-0.2, 0) is 4.74 Å². The van der Waals surface area contributed by atoms with Crippen molar-refractivity contribution in [2.45, 2.75) is 25.9 Å². The number of carbonyl (C=O) groups excluding carboxylic acids is 1. The van der Waals surface area contributed by atoms with Gasteiger partial charge in [0.25, 0.3) is 5.91 Å². The molecule has 1 atom stereocenters. The average Bonchev–Trinajstić information content (AvgIpc) is 2.92. The highest BCUT2D eigenvalue weighted by molar-refractivity contribution is 14.1. The van der Waals surface area contributed by atoms with Gasteiger partial charge >= 0.3 is 0 Å². The largest absolute Gasteiger partial charge is 0.376 e. The smallest absolute Gasteiger partial charge is 0.257 e. The Kier molecular flexibility index (Phi) is 5.74. The molecule has 0 saturated carbocycles. The minimum Gasteiger partial charge on any atom is -0.376 e. The number of nitrogens with one attached hydrogen (secondary N) is 2. The molecule has 1 aliphatic rings. The second kappa shape index (κ2) is 7.33. The molecule has 1 aromatic rings. The summed E-state index contributed by atoms with van der Waals surface area (Å²) in [7, 11) is 0. The van der Waals surface area contributed by atoms with Crippen molar-refractivity contribution < 1.29 is 9.53 Å². The lowest BCUT2D eigenvalue weighted by Crippen LogP contribution is -2.42. The maximum Gasteiger partial charge on any atom is 0.257 e. The molecule has 1 saturated heterocycles. The van der Waals surface area contributed by atoms with Crippen LogP contribution in [0, 0.1) is 10.5 Å². The van der Waals surface area contributed by atoms with E-state index in [1.54, 1.807) is 6.07 Å². The summed E-state index contributed by atoms with van der Waals surface area (Å²) in [5, 5.41) is 6.06. The van der Waals surface area contributed by atoms with Gasteiger partial charge in [-0.3, -0.25) is 10.1 Å². The maximum atomic E-state index is 12.0. The van der Waals surface area contributed by atoms with Crippen LogP contribution in [0.15, 0.2) is 18.2 Å². The van der Waals surface area contributed by atoms with Gasteiger partial charge in [0, 0.05) is 22.3 Å². The van der Waals surface area contributed by atoms with Crippen LogP contribution in [0.1, 0.15) is 28.8 Å². The molecule has 20 heavy (non-hydrogen) atoms. The number of amides is 1. The molecule has 0 radical (unpaired) electrons. The Labute approximate surface area is 137 Å². The Morgan fingerprint density at radius 2 is 2.35 bits per heavy atom. The molecule has 0 spiro atoms. The summed E-state index contributed by atoms with van der Waals surface area (Å²) in [6, 6.07) is 5.59. The number of thiocarbonyl (C=S) groups is 1. The first kappa shape index (κ1) is 15.7. The van der Waals surface area contributed by atoms with Crippen molar-refractivity contribution in [3.05, 3.63) is 32.9 Å². The Morgan fingerprint density at radius 1 is 1.55 bits per heavy atom.